The van der Waals surface area contributed by atoms with Crippen molar-refractivity contribution in [1.29, 1.82) is 0 Å². The highest BCUT2D eigenvalue weighted by Gasteiger charge is 2.36. The minimum absolute atomic E-state index is 0.125. The monoisotopic (exact) mass is 266 g/mol. The van der Waals surface area contributed by atoms with Gasteiger partial charge >= 0.3 is 0 Å². The van der Waals surface area contributed by atoms with Gasteiger partial charge < -0.3 is 11.1 Å². The Morgan fingerprint density at radius 1 is 1.00 bits per heavy atom. The summed E-state index contributed by atoms with van der Waals surface area (Å²) in [5.74, 6) is 2.03. The average molecular weight is 266 g/mol. The van der Waals surface area contributed by atoms with Crippen LogP contribution >= 0.6 is 0 Å². The highest BCUT2D eigenvalue weighted by molar-refractivity contribution is 5.79. The molecule has 6 atom stereocenters. The molecule has 3 heteroatoms. The van der Waals surface area contributed by atoms with Crippen molar-refractivity contribution in [3.8, 4) is 0 Å². The third kappa shape index (κ3) is 3.50. The molecule has 0 aromatic rings. The zero-order valence-corrected chi connectivity index (χ0v) is 12.7. The Morgan fingerprint density at radius 3 is 2.37 bits per heavy atom. The number of nitrogens with two attached hydrogens (primary N) is 1. The first-order valence-corrected chi connectivity index (χ1v) is 8.05. The molecule has 19 heavy (non-hydrogen) atoms. The van der Waals surface area contributed by atoms with Crippen LogP contribution in [0.5, 0.6) is 0 Å². The van der Waals surface area contributed by atoms with E-state index in [-0.39, 0.29) is 17.9 Å². The minimum Gasteiger partial charge on any atom is -0.353 e. The standard InChI is InChI=1S/C16H30N2O/c1-10-6-4-5-7-15(10)18-16(19)13-9-14(17)12(3)8-11(13)2/h10-15H,4-9,17H2,1-3H3,(H,18,19). The van der Waals surface area contributed by atoms with E-state index in [9.17, 15) is 4.79 Å². The molecule has 0 bridgehead atoms. The molecule has 0 saturated heterocycles. The molecule has 1 amide bonds. The maximum absolute atomic E-state index is 12.5. The molecule has 0 heterocycles. The molecule has 0 spiro atoms. The molecule has 2 aliphatic rings. The predicted molar refractivity (Wildman–Crippen MR) is 78.6 cm³/mol. The van der Waals surface area contributed by atoms with Crippen LogP contribution in [0, 0.1) is 23.7 Å². The van der Waals surface area contributed by atoms with E-state index in [4.69, 9.17) is 5.73 Å². The number of hydrogen-bond acceptors (Lipinski definition) is 2. The molecule has 6 unspecified atom stereocenters. The van der Waals surface area contributed by atoms with E-state index in [0.29, 0.717) is 23.8 Å². The fraction of sp³-hybridized carbons (Fsp3) is 0.938. The van der Waals surface area contributed by atoms with E-state index in [2.05, 4.69) is 26.1 Å². The van der Waals surface area contributed by atoms with Gasteiger partial charge in [0, 0.05) is 18.0 Å². The van der Waals surface area contributed by atoms with Gasteiger partial charge in [-0.05, 0) is 43.4 Å². The topological polar surface area (TPSA) is 55.1 Å². The van der Waals surface area contributed by atoms with Gasteiger partial charge in [-0.1, -0.05) is 33.6 Å². The molecule has 2 aliphatic carbocycles. The molecule has 0 aliphatic heterocycles. The molecule has 2 fully saturated rings. The second kappa shape index (κ2) is 6.25. The summed E-state index contributed by atoms with van der Waals surface area (Å²) in [6.45, 7) is 6.68. The van der Waals surface area contributed by atoms with Crippen molar-refractivity contribution >= 4 is 5.91 Å². The van der Waals surface area contributed by atoms with E-state index in [0.717, 1.165) is 19.3 Å². The quantitative estimate of drug-likeness (QED) is 0.807. The van der Waals surface area contributed by atoms with Crippen LogP contribution in [-0.4, -0.2) is 18.0 Å². The lowest BCUT2D eigenvalue weighted by Crippen LogP contribution is -2.49. The number of nitrogens with one attached hydrogen (secondary N) is 1. The molecular weight excluding hydrogens is 236 g/mol. The van der Waals surface area contributed by atoms with Crippen LogP contribution in [0.25, 0.3) is 0 Å². The molecule has 0 radical (unpaired) electrons. The first-order chi connectivity index (χ1) is 8.99. The molecular formula is C16H30N2O. The van der Waals surface area contributed by atoms with Crippen LogP contribution in [0.1, 0.15) is 59.3 Å². The lowest BCUT2D eigenvalue weighted by atomic mass is 9.72. The van der Waals surface area contributed by atoms with Gasteiger partial charge in [0.05, 0.1) is 0 Å². The Morgan fingerprint density at radius 2 is 1.68 bits per heavy atom. The highest BCUT2D eigenvalue weighted by Crippen LogP contribution is 2.33. The van der Waals surface area contributed by atoms with E-state index in [1.165, 1.54) is 19.3 Å². The number of carbonyl (C=O) groups excluding carboxylic acids is 1. The van der Waals surface area contributed by atoms with Gasteiger partial charge in [-0.15, -0.1) is 0 Å². The third-order valence-electron chi connectivity index (χ3n) is 5.46. The smallest absolute Gasteiger partial charge is 0.223 e. The number of amides is 1. The molecule has 2 saturated carbocycles. The summed E-state index contributed by atoms with van der Waals surface area (Å²) in [5.41, 5.74) is 6.15. The lowest BCUT2D eigenvalue weighted by Gasteiger charge is -2.38. The Kier molecular flexibility index (Phi) is 4.88. The van der Waals surface area contributed by atoms with Crippen molar-refractivity contribution in [2.45, 2.75) is 71.4 Å². The summed E-state index contributed by atoms with van der Waals surface area (Å²) in [7, 11) is 0. The van der Waals surface area contributed by atoms with Gasteiger partial charge in [0.2, 0.25) is 5.91 Å². The van der Waals surface area contributed by atoms with Crippen LogP contribution in [0.4, 0.5) is 0 Å². The minimum atomic E-state index is 0.125. The Bertz CT molecular complexity index is 318. The fourth-order valence-corrected chi connectivity index (χ4v) is 3.87. The van der Waals surface area contributed by atoms with Crippen molar-refractivity contribution in [3.05, 3.63) is 0 Å². The predicted octanol–water partition coefficient (Wildman–Crippen LogP) is 2.69. The second-order valence-corrected chi connectivity index (χ2v) is 7.07. The molecule has 3 N–H and O–H groups in total. The van der Waals surface area contributed by atoms with Crippen LogP contribution in [0.2, 0.25) is 0 Å². The van der Waals surface area contributed by atoms with Crippen molar-refractivity contribution in [2.24, 2.45) is 29.4 Å². The first kappa shape index (κ1) is 14.8. The zero-order valence-electron chi connectivity index (χ0n) is 12.7. The molecule has 0 aromatic heterocycles. The maximum atomic E-state index is 12.5. The van der Waals surface area contributed by atoms with Gasteiger partial charge in [0.1, 0.15) is 0 Å². The van der Waals surface area contributed by atoms with E-state index < -0.39 is 0 Å². The largest absolute Gasteiger partial charge is 0.353 e. The number of rotatable bonds is 2. The Hall–Kier alpha value is -0.570. The van der Waals surface area contributed by atoms with Crippen molar-refractivity contribution in [3.63, 3.8) is 0 Å². The SMILES string of the molecule is CC1CC(C)C(C(=O)NC2CCCCC2C)CC1N. The lowest BCUT2D eigenvalue weighted by molar-refractivity contribution is -0.129. The number of carbonyl (C=O) groups is 1. The zero-order chi connectivity index (χ0) is 14.0. The summed E-state index contributed by atoms with van der Waals surface area (Å²) in [6, 6.07) is 0.583. The number of hydrogen-bond donors (Lipinski definition) is 2. The fourth-order valence-electron chi connectivity index (χ4n) is 3.87. The van der Waals surface area contributed by atoms with Crippen molar-refractivity contribution in [1.82, 2.24) is 5.32 Å². The normalized spacial score (nSPS) is 43.8. The van der Waals surface area contributed by atoms with Crippen LogP contribution < -0.4 is 11.1 Å². The highest BCUT2D eigenvalue weighted by atomic mass is 16.2. The van der Waals surface area contributed by atoms with Crippen molar-refractivity contribution < 1.29 is 4.79 Å². The summed E-state index contributed by atoms with van der Waals surface area (Å²) >= 11 is 0. The first-order valence-electron chi connectivity index (χ1n) is 8.05. The van der Waals surface area contributed by atoms with Crippen LogP contribution in [0.3, 0.4) is 0 Å². The van der Waals surface area contributed by atoms with Gasteiger partial charge in [-0.25, -0.2) is 0 Å². The van der Waals surface area contributed by atoms with E-state index in [1.54, 1.807) is 0 Å². The molecule has 0 aromatic carbocycles. The summed E-state index contributed by atoms with van der Waals surface area (Å²) in [6.07, 6.45) is 6.91. The second-order valence-electron chi connectivity index (χ2n) is 7.07. The molecule has 2 rings (SSSR count). The van der Waals surface area contributed by atoms with Crippen LogP contribution in [0.15, 0.2) is 0 Å². The summed E-state index contributed by atoms with van der Waals surface area (Å²) < 4.78 is 0. The Balaban J connectivity index is 1.91. The maximum Gasteiger partial charge on any atom is 0.223 e. The van der Waals surface area contributed by atoms with Gasteiger partial charge in [0.15, 0.2) is 0 Å². The van der Waals surface area contributed by atoms with E-state index in [1.807, 2.05) is 0 Å². The average Bonchev–Trinajstić information content (AvgIpc) is 2.36. The molecule has 110 valence electrons. The summed E-state index contributed by atoms with van der Waals surface area (Å²) in [4.78, 5) is 12.5. The summed E-state index contributed by atoms with van der Waals surface area (Å²) in [5, 5.41) is 3.31. The Labute approximate surface area is 117 Å². The van der Waals surface area contributed by atoms with Gasteiger partial charge in [0.25, 0.3) is 0 Å². The van der Waals surface area contributed by atoms with Crippen LogP contribution in [-0.2, 0) is 4.79 Å². The van der Waals surface area contributed by atoms with E-state index >= 15 is 0 Å². The van der Waals surface area contributed by atoms with Gasteiger partial charge in [-0.2, -0.15) is 0 Å². The third-order valence-corrected chi connectivity index (χ3v) is 5.46. The van der Waals surface area contributed by atoms with Gasteiger partial charge in [-0.3, -0.25) is 4.79 Å². The molecule has 3 nitrogen and oxygen atoms in total. The van der Waals surface area contributed by atoms with Crippen molar-refractivity contribution in [2.75, 3.05) is 0 Å².